The van der Waals surface area contributed by atoms with E-state index < -0.39 is 0 Å². The van der Waals surface area contributed by atoms with Crippen LogP contribution in [0, 0.1) is 5.92 Å². The van der Waals surface area contributed by atoms with Crippen LogP contribution >= 0.6 is 0 Å². The molecule has 0 unspecified atom stereocenters. The lowest BCUT2D eigenvalue weighted by Gasteiger charge is -2.41. The van der Waals surface area contributed by atoms with Crippen molar-refractivity contribution >= 4 is 6.08 Å². The molecular formula is C17H24NO2+. The molecule has 0 aliphatic carbocycles. The van der Waals surface area contributed by atoms with E-state index in [1.54, 1.807) is 0 Å². The summed E-state index contributed by atoms with van der Waals surface area (Å²) in [6.07, 6.45) is 4.43. The van der Waals surface area contributed by atoms with Crippen molar-refractivity contribution in [3.8, 4) is 5.75 Å². The lowest BCUT2D eigenvalue weighted by Crippen LogP contribution is -3.14. The third-order valence-electron chi connectivity index (χ3n) is 4.38. The van der Waals surface area contributed by atoms with E-state index in [9.17, 15) is 5.11 Å². The fraction of sp³-hybridized carbons (Fsp3) is 0.529. The molecule has 0 aromatic heterocycles. The minimum atomic E-state index is -0.251. The molecule has 3 heteroatoms. The van der Waals surface area contributed by atoms with E-state index in [1.165, 1.54) is 23.7 Å². The summed E-state index contributed by atoms with van der Waals surface area (Å²) in [6, 6.07) is 8.15. The van der Waals surface area contributed by atoms with Gasteiger partial charge in [-0.15, -0.1) is 0 Å². The minimum absolute atomic E-state index is 0.200. The summed E-state index contributed by atoms with van der Waals surface area (Å²) in [4.78, 5) is 1.46. The summed E-state index contributed by atoms with van der Waals surface area (Å²) in [6.45, 7) is 6.40. The van der Waals surface area contributed by atoms with E-state index in [1.807, 2.05) is 26.0 Å². The molecule has 3 aliphatic heterocycles. The molecule has 3 saturated heterocycles. The normalized spacial score (nSPS) is 31.0. The van der Waals surface area contributed by atoms with Gasteiger partial charge in [0.15, 0.2) is 0 Å². The Hall–Kier alpha value is -1.32. The Morgan fingerprint density at radius 3 is 2.40 bits per heavy atom. The molecule has 20 heavy (non-hydrogen) atoms. The number of benzene rings is 1. The Kier molecular flexibility index (Phi) is 3.81. The molecule has 0 spiro atoms. The molecular weight excluding hydrogens is 250 g/mol. The van der Waals surface area contributed by atoms with Gasteiger partial charge in [-0.05, 0) is 31.5 Å². The van der Waals surface area contributed by atoms with Gasteiger partial charge in [-0.2, -0.15) is 0 Å². The van der Waals surface area contributed by atoms with Crippen LogP contribution in [0.3, 0.4) is 0 Å². The minimum Gasteiger partial charge on any atom is -0.491 e. The van der Waals surface area contributed by atoms with Crippen molar-refractivity contribution in [1.82, 2.24) is 0 Å². The number of ether oxygens (including phenoxy) is 1. The molecule has 0 saturated carbocycles. The van der Waals surface area contributed by atoms with Crippen LogP contribution in [-0.4, -0.2) is 30.4 Å². The van der Waals surface area contributed by atoms with E-state index in [0.29, 0.717) is 5.92 Å². The van der Waals surface area contributed by atoms with Crippen molar-refractivity contribution in [3.05, 3.63) is 35.5 Å². The van der Waals surface area contributed by atoms with Crippen molar-refractivity contribution in [2.45, 2.75) is 38.9 Å². The van der Waals surface area contributed by atoms with Crippen molar-refractivity contribution in [1.29, 1.82) is 0 Å². The summed E-state index contributed by atoms with van der Waals surface area (Å²) in [5, 5.41) is 10.4. The van der Waals surface area contributed by atoms with Gasteiger partial charge in [-0.25, -0.2) is 0 Å². The first kappa shape index (κ1) is 13.7. The lowest BCUT2D eigenvalue weighted by molar-refractivity contribution is -0.880. The van der Waals surface area contributed by atoms with E-state index in [4.69, 9.17) is 4.74 Å². The van der Waals surface area contributed by atoms with Crippen LogP contribution in [0.2, 0.25) is 0 Å². The predicted molar refractivity (Wildman–Crippen MR) is 79.6 cm³/mol. The Labute approximate surface area is 120 Å². The molecule has 3 nitrogen and oxygen atoms in total. The molecule has 3 heterocycles. The van der Waals surface area contributed by atoms with E-state index >= 15 is 0 Å². The topological polar surface area (TPSA) is 33.9 Å². The molecule has 0 radical (unpaired) electrons. The Morgan fingerprint density at radius 1 is 1.20 bits per heavy atom. The molecule has 1 aromatic carbocycles. The van der Waals surface area contributed by atoms with Crippen molar-refractivity contribution < 1.29 is 14.7 Å². The van der Waals surface area contributed by atoms with Crippen molar-refractivity contribution in [2.75, 3.05) is 13.1 Å². The molecule has 1 atom stereocenters. The molecule has 4 rings (SSSR count). The summed E-state index contributed by atoms with van der Waals surface area (Å²) in [7, 11) is 0. The van der Waals surface area contributed by atoms with Gasteiger partial charge in [-0.1, -0.05) is 12.1 Å². The Bertz CT molecular complexity index is 480. The Morgan fingerprint density at radius 2 is 1.85 bits per heavy atom. The maximum absolute atomic E-state index is 10.4. The SMILES string of the molecule is CC(C)Oc1ccc(/C=C2\[C@H](O)C3CC[NH+]2CC3)cc1. The predicted octanol–water partition coefficient (Wildman–Crippen LogP) is 1.48. The number of aliphatic hydroxyl groups excluding tert-OH is 1. The highest BCUT2D eigenvalue weighted by molar-refractivity contribution is 5.53. The third-order valence-corrected chi connectivity index (χ3v) is 4.38. The van der Waals surface area contributed by atoms with Gasteiger partial charge in [0.25, 0.3) is 0 Å². The van der Waals surface area contributed by atoms with Crippen LogP contribution in [0.5, 0.6) is 5.75 Å². The maximum Gasteiger partial charge on any atom is 0.137 e. The van der Waals surface area contributed by atoms with Crippen LogP contribution in [0.25, 0.3) is 6.08 Å². The average molecular weight is 274 g/mol. The van der Waals surface area contributed by atoms with Gasteiger partial charge in [0.1, 0.15) is 17.6 Å². The van der Waals surface area contributed by atoms with Crippen LogP contribution in [-0.2, 0) is 0 Å². The highest BCUT2D eigenvalue weighted by atomic mass is 16.5. The first-order chi connectivity index (χ1) is 9.63. The monoisotopic (exact) mass is 274 g/mol. The molecule has 2 bridgehead atoms. The number of quaternary nitrogens is 1. The van der Waals surface area contributed by atoms with E-state index in [-0.39, 0.29) is 12.2 Å². The summed E-state index contributed by atoms with van der Waals surface area (Å²) < 4.78 is 5.65. The van der Waals surface area contributed by atoms with Crippen LogP contribution in [0.1, 0.15) is 32.3 Å². The zero-order chi connectivity index (χ0) is 14.1. The molecule has 0 amide bonds. The van der Waals surface area contributed by atoms with Crippen molar-refractivity contribution in [2.24, 2.45) is 5.92 Å². The van der Waals surface area contributed by atoms with Gasteiger partial charge < -0.3 is 14.7 Å². The zero-order valence-electron chi connectivity index (χ0n) is 12.3. The van der Waals surface area contributed by atoms with E-state index in [0.717, 1.165) is 24.2 Å². The number of nitrogens with one attached hydrogen (secondary N) is 1. The molecule has 108 valence electrons. The number of fused-ring (bicyclic) bond motifs is 3. The highest BCUT2D eigenvalue weighted by Crippen LogP contribution is 2.25. The van der Waals surface area contributed by atoms with Crippen LogP contribution in [0.4, 0.5) is 0 Å². The van der Waals surface area contributed by atoms with Gasteiger partial charge in [0.2, 0.25) is 0 Å². The molecule has 2 N–H and O–H groups in total. The lowest BCUT2D eigenvalue weighted by atomic mass is 9.83. The second-order valence-electron chi connectivity index (χ2n) is 6.22. The fourth-order valence-electron chi connectivity index (χ4n) is 3.34. The van der Waals surface area contributed by atoms with Gasteiger partial charge >= 0.3 is 0 Å². The van der Waals surface area contributed by atoms with Crippen molar-refractivity contribution in [3.63, 3.8) is 0 Å². The second-order valence-corrected chi connectivity index (χ2v) is 6.22. The number of piperidine rings is 3. The largest absolute Gasteiger partial charge is 0.491 e. The summed E-state index contributed by atoms with van der Waals surface area (Å²) in [5.41, 5.74) is 2.32. The van der Waals surface area contributed by atoms with Crippen LogP contribution in [0.15, 0.2) is 30.0 Å². The number of hydrogen-bond acceptors (Lipinski definition) is 2. The quantitative estimate of drug-likeness (QED) is 0.875. The van der Waals surface area contributed by atoms with Crippen LogP contribution < -0.4 is 9.64 Å². The first-order valence-corrected chi connectivity index (χ1v) is 7.65. The van der Waals surface area contributed by atoms with Gasteiger partial charge in [0.05, 0.1) is 19.2 Å². The maximum atomic E-state index is 10.4. The average Bonchev–Trinajstić information content (AvgIpc) is 2.44. The second kappa shape index (κ2) is 5.58. The highest BCUT2D eigenvalue weighted by Gasteiger charge is 2.40. The van der Waals surface area contributed by atoms with E-state index in [2.05, 4.69) is 18.2 Å². The Balaban J connectivity index is 1.78. The molecule has 1 aromatic rings. The van der Waals surface area contributed by atoms with Gasteiger partial charge in [0, 0.05) is 24.8 Å². The fourth-order valence-corrected chi connectivity index (χ4v) is 3.34. The van der Waals surface area contributed by atoms with Gasteiger partial charge in [-0.3, -0.25) is 0 Å². The number of rotatable bonds is 3. The summed E-state index contributed by atoms with van der Waals surface area (Å²) in [5.74, 6) is 1.38. The zero-order valence-corrected chi connectivity index (χ0v) is 12.3. The smallest absolute Gasteiger partial charge is 0.137 e. The third kappa shape index (κ3) is 2.74. The first-order valence-electron chi connectivity index (χ1n) is 7.65. The molecule has 3 fully saturated rings. The molecule has 3 aliphatic rings. The number of aliphatic hydroxyl groups is 1. The number of hydrogen-bond donors (Lipinski definition) is 2. The standard InChI is InChI=1S/C17H23NO2/c1-12(2)20-15-5-3-13(4-6-15)11-16-17(19)14-7-9-18(16)10-8-14/h3-6,11-12,14,17,19H,7-10H2,1-2H3/p+1/b16-11+/t17-/m1/s1. The summed E-state index contributed by atoms with van der Waals surface area (Å²) >= 11 is 0.